The first-order valence-corrected chi connectivity index (χ1v) is 14.1. The van der Waals surface area contributed by atoms with Crippen molar-refractivity contribution in [3.8, 4) is 5.69 Å². The molecular weight excluding hydrogens is 517 g/mol. The lowest BCUT2D eigenvalue weighted by atomic mass is 9.72. The van der Waals surface area contributed by atoms with Gasteiger partial charge >= 0.3 is 11.9 Å². The molecule has 3 atom stereocenters. The van der Waals surface area contributed by atoms with Crippen LogP contribution in [0.2, 0.25) is 0 Å². The van der Waals surface area contributed by atoms with Gasteiger partial charge in [-0.1, -0.05) is 25.5 Å². The number of nitrogens with zero attached hydrogens (tertiary/aromatic N) is 6. The Bertz CT molecular complexity index is 1580. The molecule has 4 heterocycles. The molecule has 4 aromatic rings. The number of imidazole rings is 1. The molecule has 212 valence electrons. The molecule has 2 fully saturated rings. The van der Waals surface area contributed by atoms with E-state index in [1.54, 1.807) is 18.6 Å². The molecule has 1 saturated heterocycles. The predicted molar refractivity (Wildman–Crippen MR) is 147 cm³/mol. The van der Waals surface area contributed by atoms with Crippen molar-refractivity contribution >= 4 is 5.52 Å². The molecular formula is C30H35F3N6O. The van der Waals surface area contributed by atoms with Crippen LogP contribution in [0.4, 0.5) is 13.2 Å². The zero-order valence-electron chi connectivity index (χ0n) is 23.1. The Balaban J connectivity index is 1.45. The van der Waals surface area contributed by atoms with E-state index in [1.165, 1.54) is 21.2 Å². The molecule has 1 aromatic carbocycles. The molecule has 1 aliphatic carbocycles. The molecule has 0 bridgehead atoms. The van der Waals surface area contributed by atoms with Crippen molar-refractivity contribution in [3.63, 3.8) is 0 Å². The lowest BCUT2D eigenvalue weighted by Gasteiger charge is -2.36. The highest BCUT2D eigenvalue weighted by Crippen LogP contribution is 2.43. The van der Waals surface area contributed by atoms with E-state index in [0.29, 0.717) is 23.1 Å². The van der Waals surface area contributed by atoms with Gasteiger partial charge in [0.05, 0.1) is 16.8 Å². The SMILES string of the molecule is C[C@H]1CCCN([C@@H](C)c2cc(C(F)(F)F)c3cn(-c4cccc([C@H](c5nncn5C)C5CCC5)c4)c(=O)n3c2)C1. The molecule has 0 radical (unpaired) electrons. The van der Waals surface area contributed by atoms with Crippen molar-refractivity contribution in [1.29, 1.82) is 0 Å². The Hall–Kier alpha value is -3.40. The van der Waals surface area contributed by atoms with E-state index in [2.05, 4.69) is 22.0 Å². The third-order valence-corrected chi connectivity index (χ3v) is 8.97. The summed E-state index contributed by atoms with van der Waals surface area (Å²) in [6, 6.07) is 8.52. The van der Waals surface area contributed by atoms with Gasteiger partial charge in [-0.25, -0.2) is 4.79 Å². The van der Waals surface area contributed by atoms with Gasteiger partial charge in [0.2, 0.25) is 0 Å². The first kappa shape index (κ1) is 26.8. The van der Waals surface area contributed by atoms with Gasteiger partial charge in [-0.3, -0.25) is 13.9 Å². The molecule has 3 aromatic heterocycles. The van der Waals surface area contributed by atoms with Crippen molar-refractivity contribution in [3.05, 3.63) is 82.1 Å². The summed E-state index contributed by atoms with van der Waals surface area (Å²) in [6.07, 6.45) is 5.43. The molecule has 0 spiro atoms. The normalized spacial score (nSPS) is 20.5. The number of hydrogen-bond acceptors (Lipinski definition) is 4. The molecule has 1 saturated carbocycles. The Kier molecular flexibility index (Phi) is 6.84. The highest BCUT2D eigenvalue weighted by molar-refractivity contribution is 5.58. The minimum Gasteiger partial charge on any atom is -0.320 e. The molecule has 0 amide bonds. The number of pyridine rings is 1. The zero-order chi connectivity index (χ0) is 28.2. The summed E-state index contributed by atoms with van der Waals surface area (Å²) in [6.45, 7) is 5.76. The van der Waals surface area contributed by atoms with Crippen LogP contribution in [0.25, 0.3) is 11.2 Å². The summed E-state index contributed by atoms with van der Waals surface area (Å²) in [5, 5.41) is 8.44. The van der Waals surface area contributed by atoms with Gasteiger partial charge in [-0.05, 0) is 80.3 Å². The predicted octanol–water partition coefficient (Wildman–Crippen LogP) is 5.96. The molecule has 0 unspecified atom stereocenters. The number of aryl methyl sites for hydroxylation is 1. The molecule has 0 N–H and O–H groups in total. The number of aromatic nitrogens is 5. The lowest BCUT2D eigenvalue weighted by molar-refractivity contribution is -0.136. The van der Waals surface area contributed by atoms with E-state index in [1.807, 2.05) is 36.7 Å². The summed E-state index contributed by atoms with van der Waals surface area (Å²) in [5.41, 5.74) is 0.553. The fourth-order valence-electron chi connectivity index (χ4n) is 6.49. The summed E-state index contributed by atoms with van der Waals surface area (Å²) in [7, 11) is 1.91. The second kappa shape index (κ2) is 10.2. The van der Waals surface area contributed by atoms with Gasteiger partial charge in [0.15, 0.2) is 0 Å². The van der Waals surface area contributed by atoms with Crippen LogP contribution in [0.5, 0.6) is 0 Å². The van der Waals surface area contributed by atoms with Gasteiger partial charge in [0.1, 0.15) is 12.2 Å². The van der Waals surface area contributed by atoms with Crippen LogP contribution < -0.4 is 5.69 Å². The molecule has 7 nitrogen and oxygen atoms in total. The van der Waals surface area contributed by atoms with Crippen LogP contribution in [-0.4, -0.2) is 41.7 Å². The fraction of sp³-hybridized carbons (Fsp3) is 0.500. The zero-order valence-corrected chi connectivity index (χ0v) is 23.1. The van der Waals surface area contributed by atoms with E-state index in [-0.39, 0.29) is 17.5 Å². The van der Waals surface area contributed by atoms with Crippen molar-refractivity contribution in [2.75, 3.05) is 13.1 Å². The average molecular weight is 553 g/mol. The Morgan fingerprint density at radius 1 is 1.05 bits per heavy atom. The third kappa shape index (κ3) is 4.76. The number of piperidine rings is 1. The Morgan fingerprint density at radius 2 is 1.85 bits per heavy atom. The van der Waals surface area contributed by atoms with E-state index in [9.17, 15) is 18.0 Å². The smallest absolute Gasteiger partial charge is 0.320 e. The van der Waals surface area contributed by atoms with Crippen LogP contribution in [0.1, 0.15) is 80.4 Å². The van der Waals surface area contributed by atoms with Crippen LogP contribution in [0.15, 0.2) is 53.8 Å². The molecule has 1 aliphatic heterocycles. The van der Waals surface area contributed by atoms with E-state index < -0.39 is 17.4 Å². The van der Waals surface area contributed by atoms with Gasteiger partial charge in [-0.15, -0.1) is 10.2 Å². The van der Waals surface area contributed by atoms with Crippen molar-refractivity contribution in [2.24, 2.45) is 18.9 Å². The van der Waals surface area contributed by atoms with Crippen molar-refractivity contribution < 1.29 is 13.2 Å². The largest absolute Gasteiger partial charge is 0.418 e. The molecule has 6 rings (SSSR count). The minimum atomic E-state index is -4.60. The number of hydrogen-bond donors (Lipinski definition) is 0. The minimum absolute atomic E-state index is 0.000874. The third-order valence-electron chi connectivity index (χ3n) is 8.97. The van der Waals surface area contributed by atoms with Crippen molar-refractivity contribution in [2.45, 2.75) is 64.1 Å². The van der Waals surface area contributed by atoms with E-state index >= 15 is 0 Å². The van der Waals surface area contributed by atoms with E-state index in [0.717, 1.165) is 56.6 Å². The Labute approximate surface area is 231 Å². The highest BCUT2D eigenvalue weighted by Gasteiger charge is 2.36. The van der Waals surface area contributed by atoms with Crippen molar-refractivity contribution in [1.82, 2.24) is 28.6 Å². The summed E-state index contributed by atoms with van der Waals surface area (Å²) < 4.78 is 47.5. The maximum Gasteiger partial charge on any atom is 0.418 e. The number of likely N-dealkylation sites (tertiary alicyclic amines) is 1. The van der Waals surface area contributed by atoms with Crippen LogP contribution in [-0.2, 0) is 13.2 Å². The standard InChI is InChI=1S/C30H35F3N6O/c1-19-7-6-12-37(15-19)20(2)23-14-25(30(31,32)33)26-17-38(29(40)39(26)16-23)24-11-5-10-22(13-24)27(21-8-4-9-21)28-35-34-18-36(28)3/h5,10-11,13-14,16-21,27H,4,6-9,12,15H2,1-3H3/t19-,20-,27+/m0/s1. The van der Waals surface area contributed by atoms with Crippen LogP contribution in [0.3, 0.4) is 0 Å². The number of fused-ring (bicyclic) bond motifs is 1. The Morgan fingerprint density at radius 3 is 2.50 bits per heavy atom. The monoisotopic (exact) mass is 552 g/mol. The van der Waals surface area contributed by atoms with Gasteiger partial charge in [-0.2, -0.15) is 13.2 Å². The summed E-state index contributed by atoms with van der Waals surface area (Å²) in [5.74, 6) is 1.74. The first-order valence-electron chi connectivity index (χ1n) is 14.1. The van der Waals surface area contributed by atoms with Gasteiger partial charge in [0.25, 0.3) is 0 Å². The van der Waals surface area contributed by atoms with Gasteiger partial charge in [0, 0.05) is 37.9 Å². The maximum atomic E-state index is 14.4. The number of rotatable bonds is 6. The van der Waals surface area contributed by atoms with Crippen LogP contribution in [0, 0.1) is 11.8 Å². The number of halogens is 3. The first-order chi connectivity index (χ1) is 19.1. The number of alkyl halides is 3. The quantitative estimate of drug-likeness (QED) is 0.296. The van der Waals surface area contributed by atoms with Gasteiger partial charge < -0.3 is 4.57 Å². The fourth-order valence-corrected chi connectivity index (χ4v) is 6.49. The summed E-state index contributed by atoms with van der Waals surface area (Å²) in [4.78, 5) is 15.9. The topological polar surface area (TPSA) is 60.4 Å². The second-order valence-corrected chi connectivity index (χ2v) is 11.7. The molecule has 10 heteroatoms. The van der Waals surface area contributed by atoms with Crippen LogP contribution >= 0.6 is 0 Å². The van der Waals surface area contributed by atoms with E-state index in [4.69, 9.17) is 0 Å². The molecule has 2 aliphatic rings. The summed E-state index contributed by atoms with van der Waals surface area (Å²) >= 11 is 0. The highest BCUT2D eigenvalue weighted by atomic mass is 19.4. The lowest BCUT2D eigenvalue weighted by Crippen LogP contribution is -2.36. The average Bonchev–Trinajstić information content (AvgIpc) is 3.47. The molecule has 40 heavy (non-hydrogen) atoms. The second-order valence-electron chi connectivity index (χ2n) is 11.7. The maximum absolute atomic E-state index is 14.4. The number of benzene rings is 1.